The Balaban J connectivity index is 1.42. The van der Waals surface area contributed by atoms with Crippen LogP contribution in [0.4, 0.5) is 0 Å². The van der Waals surface area contributed by atoms with Gasteiger partial charge in [0.2, 0.25) is 12.7 Å². The highest BCUT2D eigenvalue weighted by Gasteiger charge is 2.46. The van der Waals surface area contributed by atoms with Crippen LogP contribution in [0.1, 0.15) is 5.56 Å². The number of ether oxygens (including phenoxy) is 3. The van der Waals surface area contributed by atoms with Gasteiger partial charge in [-0.1, -0.05) is 6.07 Å². The van der Waals surface area contributed by atoms with Crippen LogP contribution in [0.2, 0.25) is 0 Å². The van der Waals surface area contributed by atoms with Crippen molar-refractivity contribution in [2.75, 3.05) is 33.5 Å². The van der Waals surface area contributed by atoms with Crippen LogP contribution in [0.5, 0.6) is 11.5 Å². The zero-order chi connectivity index (χ0) is 15.1. The van der Waals surface area contributed by atoms with Gasteiger partial charge in [-0.2, -0.15) is 0 Å². The second kappa shape index (κ2) is 5.44. The summed E-state index contributed by atoms with van der Waals surface area (Å²) >= 11 is 0. The van der Waals surface area contributed by atoms with Crippen molar-refractivity contribution in [3.8, 4) is 11.5 Å². The van der Waals surface area contributed by atoms with E-state index in [0.717, 1.165) is 31.1 Å². The summed E-state index contributed by atoms with van der Waals surface area (Å²) in [5, 5.41) is 2.74. The zero-order valence-electron chi connectivity index (χ0n) is 12.6. The summed E-state index contributed by atoms with van der Waals surface area (Å²) < 4.78 is 16.6. The number of carbonyl (C=O) groups is 1. The molecule has 2 saturated heterocycles. The highest BCUT2D eigenvalue weighted by Crippen LogP contribution is 2.36. The molecule has 1 aromatic carbocycles. The minimum atomic E-state index is -0.0169. The summed E-state index contributed by atoms with van der Waals surface area (Å²) in [5.41, 5.74) is 1.20. The molecule has 0 spiro atoms. The third kappa shape index (κ3) is 2.32. The summed E-state index contributed by atoms with van der Waals surface area (Å²) in [5.74, 6) is 2.00. The van der Waals surface area contributed by atoms with Gasteiger partial charge in [0.25, 0.3) is 0 Å². The molecule has 3 aliphatic heterocycles. The summed E-state index contributed by atoms with van der Waals surface area (Å²) in [6.07, 6.45) is 0.177. The van der Waals surface area contributed by atoms with Crippen LogP contribution >= 0.6 is 0 Å². The molecule has 0 aliphatic carbocycles. The van der Waals surface area contributed by atoms with Gasteiger partial charge < -0.3 is 19.5 Å². The molecular weight excluding hydrogens is 284 g/mol. The second-order valence-electron chi connectivity index (χ2n) is 6.14. The van der Waals surface area contributed by atoms with Crippen LogP contribution in [0, 0.1) is 11.8 Å². The number of hydrogen-bond donors (Lipinski definition) is 1. The standard InChI is InChI=1S/C16H20N2O4/c1-17-16(19)12-8-20-15-7-18(6-11(12)15)5-10-2-3-13-14(4-10)22-9-21-13/h2-4,11-12,15H,5-9H2,1H3,(H,17,19)/t11-,12+,15-/m0/s1. The van der Waals surface area contributed by atoms with E-state index in [2.05, 4.69) is 16.3 Å². The number of nitrogens with one attached hydrogen (secondary N) is 1. The van der Waals surface area contributed by atoms with Crippen LogP contribution in [-0.4, -0.2) is 50.4 Å². The smallest absolute Gasteiger partial charge is 0.231 e. The third-order valence-electron chi connectivity index (χ3n) is 4.82. The van der Waals surface area contributed by atoms with Crippen molar-refractivity contribution in [2.45, 2.75) is 12.6 Å². The van der Waals surface area contributed by atoms with E-state index in [-0.39, 0.29) is 17.9 Å². The van der Waals surface area contributed by atoms with E-state index in [9.17, 15) is 4.79 Å². The van der Waals surface area contributed by atoms with Crippen molar-refractivity contribution in [1.29, 1.82) is 0 Å². The molecule has 3 heterocycles. The molecule has 3 atom stereocenters. The average Bonchev–Trinajstić information content (AvgIpc) is 3.20. The Morgan fingerprint density at radius 3 is 3.05 bits per heavy atom. The van der Waals surface area contributed by atoms with E-state index in [1.807, 2.05) is 12.1 Å². The van der Waals surface area contributed by atoms with Gasteiger partial charge >= 0.3 is 0 Å². The molecule has 0 saturated carbocycles. The van der Waals surface area contributed by atoms with Gasteiger partial charge in [-0.05, 0) is 17.7 Å². The molecule has 0 aromatic heterocycles. The van der Waals surface area contributed by atoms with E-state index >= 15 is 0 Å². The topological polar surface area (TPSA) is 60.0 Å². The molecule has 6 nitrogen and oxygen atoms in total. The number of benzene rings is 1. The highest BCUT2D eigenvalue weighted by molar-refractivity contribution is 5.79. The summed E-state index contributed by atoms with van der Waals surface area (Å²) in [4.78, 5) is 14.3. The fraction of sp³-hybridized carbons (Fsp3) is 0.562. The first-order valence-corrected chi connectivity index (χ1v) is 7.68. The van der Waals surface area contributed by atoms with Crippen molar-refractivity contribution in [1.82, 2.24) is 10.2 Å². The minimum Gasteiger partial charge on any atom is -0.454 e. The number of hydrogen-bond acceptors (Lipinski definition) is 5. The van der Waals surface area contributed by atoms with Crippen LogP contribution < -0.4 is 14.8 Å². The lowest BCUT2D eigenvalue weighted by molar-refractivity contribution is -0.125. The molecule has 1 amide bonds. The molecular formula is C16H20N2O4. The van der Waals surface area contributed by atoms with Gasteiger partial charge in [0.15, 0.2) is 11.5 Å². The first-order valence-electron chi connectivity index (χ1n) is 7.68. The van der Waals surface area contributed by atoms with Crippen molar-refractivity contribution in [3.63, 3.8) is 0 Å². The Bertz CT molecular complexity index is 592. The van der Waals surface area contributed by atoms with Crippen LogP contribution in [0.25, 0.3) is 0 Å². The van der Waals surface area contributed by atoms with Crippen LogP contribution in [0.3, 0.4) is 0 Å². The second-order valence-corrected chi connectivity index (χ2v) is 6.14. The predicted molar refractivity (Wildman–Crippen MR) is 78.6 cm³/mol. The maximum atomic E-state index is 11.9. The van der Waals surface area contributed by atoms with Gasteiger partial charge in [0.05, 0.1) is 18.6 Å². The van der Waals surface area contributed by atoms with Crippen LogP contribution in [-0.2, 0) is 16.1 Å². The fourth-order valence-corrected chi connectivity index (χ4v) is 3.68. The van der Waals surface area contributed by atoms with Gasteiger partial charge in [-0.25, -0.2) is 0 Å². The molecule has 1 N–H and O–H groups in total. The Hall–Kier alpha value is -1.79. The van der Waals surface area contributed by atoms with E-state index in [1.54, 1.807) is 7.05 Å². The Kier molecular flexibility index (Phi) is 3.43. The fourth-order valence-electron chi connectivity index (χ4n) is 3.68. The molecule has 3 aliphatic rings. The monoisotopic (exact) mass is 304 g/mol. The third-order valence-corrected chi connectivity index (χ3v) is 4.82. The summed E-state index contributed by atoms with van der Waals surface area (Å²) in [6.45, 7) is 3.47. The largest absolute Gasteiger partial charge is 0.454 e. The van der Waals surface area contributed by atoms with E-state index in [4.69, 9.17) is 14.2 Å². The summed E-state index contributed by atoms with van der Waals surface area (Å²) in [6, 6.07) is 6.06. The normalized spacial score (nSPS) is 29.6. The van der Waals surface area contributed by atoms with E-state index in [1.165, 1.54) is 5.56 Å². The molecule has 0 radical (unpaired) electrons. The molecule has 118 valence electrons. The van der Waals surface area contributed by atoms with Crippen molar-refractivity contribution >= 4 is 5.91 Å². The lowest BCUT2D eigenvalue weighted by atomic mass is 9.92. The average molecular weight is 304 g/mol. The molecule has 1 aromatic rings. The number of likely N-dealkylation sites (tertiary alicyclic amines) is 1. The van der Waals surface area contributed by atoms with Gasteiger partial charge in [0, 0.05) is 32.6 Å². The first-order chi connectivity index (χ1) is 10.7. The minimum absolute atomic E-state index is 0.0169. The van der Waals surface area contributed by atoms with E-state index in [0.29, 0.717) is 19.3 Å². The molecule has 6 heteroatoms. The molecule has 2 fully saturated rings. The molecule has 22 heavy (non-hydrogen) atoms. The van der Waals surface area contributed by atoms with Crippen LogP contribution in [0.15, 0.2) is 18.2 Å². The number of carbonyl (C=O) groups excluding carboxylic acids is 1. The maximum absolute atomic E-state index is 11.9. The number of fused-ring (bicyclic) bond motifs is 2. The number of rotatable bonds is 3. The lowest BCUT2D eigenvalue weighted by Crippen LogP contribution is -2.34. The molecule has 0 unspecified atom stereocenters. The quantitative estimate of drug-likeness (QED) is 0.886. The Morgan fingerprint density at radius 2 is 2.18 bits per heavy atom. The SMILES string of the molecule is CNC(=O)[C@@H]1CO[C@H]2CN(Cc3ccc4c(c3)OCO4)C[C@H]21. The van der Waals surface area contributed by atoms with Crippen molar-refractivity contribution in [2.24, 2.45) is 11.8 Å². The van der Waals surface area contributed by atoms with E-state index < -0.39 is 0 Å². The van der Waals surface area contributed by atoms with Gasteiger partial charge in [0.1, 0.15) is 0 Å². The van der Waals surface area contributed by atoms with Crippen molar-refractivity contribution < 1.29 is 19.0 Å². The predicted octanol–water partition coefficient (Wildman–Crippen LogP) is 0.608. The Labute approximate surface area is 129 Å². The molecule has 4 rings (SSSR count). The number of nitrogens with zero attached hydrogens (tertiary/aromatic N) is 1. The highest BCUT2D eigenvalue weighted by atomic mass is 16.7. The first kappa shape index (κ1) is 13.8. The molecule has 0 bridgehead atoms. The lowest BCUT2D eigenvalue weighted by Gasteiger charge is -2.19. The zero-order valence-corrected chi connectivity index (χ0v) is 12.6. The maximum Gasteiger partial charge on any atom is 0.231 e. The summed E-state index contributed by atoms with van der Waals surface area (Å²) in [7, 11) is 1.69. The van der Waals surface area contributed by atoms with Gasteiger partial charge in [-0.15, -0.1) is 0 Å². The van der Waals surface area contributed by atoms with Crippen molar-refractivity contribution in [3.05, 3.63) is 23.8 Å². The Morgan fingerprint density at radius 1 is 1.32 bits per heavy atom. The van der Waals surface area contributed by atoms with Gasteiger partial charge in [-0.3, -0.25) is 9.69 Å². The number of amides is 1.